The van der Waals surface area contributed by atoms with Crippen LogP contribution in [0.15, 0.2) is 0 Å². The third kappa shape index (κ3) is 16.0. The fourth-order valence-corrected chi connectivity index (χ4v) is 0.348. The molecule has 0 aromatic rings. The van der Waals surface area contributed by atoms with Gasteiger partial charge in [0.2, 0.25) is 0 Å². The minimum Gasteiger partial charge on any atom is -0.481 e. The maximum absolute atomic E-state index is 10.3. The van der Waals surface area contributed by atoms with E-state index < -0.39 is 5.97 Å². The van der Waals surface area contributed by atoms with Gasteiger partial charge >= 0.3 is 5.97 Å². The topological polar surface area (TPSA) is 101 Å². The summed E-state index contributed by atoms with van der Waals surface area (Å²) in [6.07, 6.45) is -0.0676. The van der Waals surface area contributed by atoms with E-state index in [-0.39, 0.29) is 31.8 Å². The number of ketones is 1. The number of carboxylic acid groups (broad SMARTS) is 1. The molecule has 0 aromatic heterocycles. The number of rotatable bonds is 4. The average Bonchev–Trinajstić information content (AvgIpc) is 2.01. The molecule has 0 saturated carbocycles. The zero-order valence-corrected chi connectivity index (χ0v) is 7.12. The molecule has 5 nitrogen and oxygen atoms in total. The van der Waals surface area contributed by atoms with Crippen molar-refractivity contribution in [3.63, 3.8) is 0 Å². The van der Waals surface area contributed by atoms with Gasteiger partial charge in [-0.05, 0) is 6.92 Å². The first kappa shape index (κ1) is 13.6. The van der Waals surface area contributed by atoms with E-state index in [2.05, 4.69) is 0 Å². The number of hydrogen-bond donors (Lipinski definition) is 3. The first-order valence-corrected chi connectivity index (χ1v) is 3.62. The van der Waals surface area contributed by atoms with E-state index in [1.807, 2.05) is 0 Å². The van der Waals surface area contributed by atoms with Crippen molar-refractivity contribution < 1.29 is 19.8 Å². The highest BCUT2D eigenvalue weighted by atomic mass is 16.4. The number of carbonyl (C=O) groups excluding carboxylic acids is 1. The number of aliphatic hydroxyl groups excluding tert-OH is 1. The summed E-state index contributed by atoms with van der Waals surface area (Å²) in [5, 5.41) is 15.6. The van der Waals surface area contributed by atoms with Gasteiger partial charge in [0.1, 0.15) is 5.78 Å². The highest BCUT2D eigenvalue weighted by Gasteiger charge is 2.01. The zero-order valence-electron chi connectivity index (χ0n) is 7.12. The summed E-state index contributed by atoms with van der Waals surface area (Å²) < 4.78 is 0. The minimum atomic E-state index is -0.961. The Balaban J connectivity index is 0. The number of Topliss-reactive ketones (excluding diaryl/α,β-unsaturated/α-hetero) is 1. The van der Waals surface area contributed by atoms with Gasteiger partial charge in [-0.2, -0.15) is 0 Å². The Labute approximate surface area is 71.2 Å². The molecule has 0 spiro atoms. The molecule has 0 aliphatic heterocycles. The quantitative estimate of drug-likeness (QED) is 0.531. The first-order chi connectivity index (χ1) is 5.58. The van der Waals surface area contributed by atoms with Crippen molar-refractivity contribution in [3.8, 4) is 0 Å². The smallest absolute Gasteiger partial charge is 0.303 e. The Morgan fingerprint density at radius 3 is 2.00 bits per heavy atom. The summed E-state index contributed by atoms with van der Waals surface area (Å²) in [7, 11) is 0. The zero-order chi connectivity index (χ0) is 9.98. The SMILES string of the molecule is CCO.NCC(=O)CCC(=O)O. The summed E-state index contributed by atoms with van der Waals surface area (Å²) >= 11 is 0. The number of aliphatic hydroxyl groups is 1. The molecule has 0 bridgehead atoms. The molecule has 0 rings (SSSR count). The van der Waals surface area contributed by atoms with E-state index in [1.54, 1.807) is 6.92 Å². The van der Waals surface area contributed by atoms with Crippen molar-refractivity contribution in [2.24, 2.45) is 5.73 Å². The van der Waals surface area contributed by atoms with Gasteiger partial charge in [0.05, 0.1) is 13.0 Å². The molecule has 0 aromatic carbocycles. The molecule has 0 heterocycles. The lowest BCUT2D eigenvalue weighted by Gasteiger charge is -1.90. The van der Waals surface area contributed by atoms with Crippen LogP contribution in [0.3, 0.4) is 0 Å². The van der Waals surface area contributed by atoms with Crippen molar-refractivity contribution in [3.05, 3.63) is 0 Å². The van der Waals surface area contributed by atoms with Gasteiger partial charge in [-0.3, -0.25) is 9.59 Å². The number of aliphatic carboxylic acids is 1. The van der Waals surface area contributed by atoms with Gasteiger partial charge < -0.3 is 15.9 Å². The predicted molar refractivity (Wildman–Crippen MR) is 43.7 cm³/mol. The minimum absolute atomic E-state index is 0.0475. The van der Waals surface area contributed by atoms with E-state index in [0.29, 0.717) is 0 Å². The Hall–Kier alpha value is -0.940. The van der Waals surface area contributed by atoms with Crippen LogP contribution in [0, 0.1) is 0 Å². The standard InChI is InChI=1S/C5H9NO3.C2H6O/c6-3-4(7)1-2-5(8)9;1-2-3/h1-3,6H2,(H,8,9);3H,2H2,1H3. The normalized spacial score (nSPS) is 8.25. The molecule has 0 atom stereocenters. The molecule has 72 valence electrons. The lowest BCUT2D eigenvalue weighted by atomic mass is 10.2. The van der Waals surface area contributed by atoms with Gasteiger partial charge in [-0.1, -0.05) is 0 Å². The molecule has 0 aliphatic rings. The second-order valence-electron chi connectivity index (χ2n) is 1.95. The Kier molecular flexibility index (Phi) is 11.4. The van der Waals surface area contributed by atoms with Crippen LogP contribution >= 0.6 is 0 Å². The summed E-state index contributed by atoms with van der Waals surface area (Å²) in [6, 6.07) is 0. The maximum Gasteiger partial charge on any atom is 0.303 e. The van der Waals surface area contributed by atoms with Crippen molar-refractivity contribution in [2.75, 3.05) is 13.2 Å². The van der Waals surface area contributed by atoms with E-state index in [0.717, 1.165) is 0 Å². The van der Waals surface area contributed by atoms with Gasteiger partial charge in [0.25, 0.3) is 0 Å². The number of carbonyl (C=O) groups is 2. The van der Waals surface area contributed by atoms with Crippen molar-refractivity contribution >= 4 is 11.8 Å². The summed E-state index contributed by atoms with van der Waals surface area (Å²) in [5.41, 5.74) is 4.92. The van der Waals surface area contributed by atoms with Crippen LogP contribution < -0.4 is 5.73 Å². The van der Waals surface area contributed by atoms with Crippen LogP contribution in [0.25, 0.3) is 0 Å². The fourth-order valence-electron chi connectivity index (χ4n) is 0.348. The third-order valence-corrected chi connectivity index (χ3v) is 0.845. The molecule has 0 saturated heterocycles. The maximum atomic E-state index is 10.3. The molecular weight excluding hydrogens is 162 g/mol. The number of nitrogens with two attached hydrogens (primary N) is 1. The first-order valence-electron chi connectivity index (χ1n) is 3.62. The molecule has 0 unspecified atom stereocenters. The molecule has 0 aliphatic carbocycles. The third-order valence-electron chi connectivity index (χ3n) is 0.845. The molecule has 0 radical (unpaired) electrons. The molecular formula is C7H15NO4. The van der Waals surface area contributed by atoms with Gasteiger partial charge in [0.15, 0.2) is 0 Å². The van der Waals surface area contributed by atoms with E-state index >= 15 is 0 Å². The van der Waals surface area contributed by atoms with Crippen LogP contribution in [0.2, 0.25) is 0 Å². The molecule has 12 heavy (non-hydrogen) atoms. The van der Waals surface area contributed by atoms with Crippen LogP contribution in [0.5, 0.6) is 0 Å². The van der Waals surface area contributed by atoms with Gasteiger partial charge in [-0.25, -0.2) is 0 Å². The fraction of sp³-hybridized carbons (Fsp3) is 0.714. The number of carboxylic acids is 1. The van der Waals surface area contributed by atoms with Crippen LogP contribution in [-0.4, -0.2) is 35.1 Å². The average molecular weight is 177 g/mol. The Bertz CT molecular complexity index is 135. The van der Waals surface area contributed by atoms with E-state index in [4.69, 9.17) is 15.9 Å². The molecule has 4 N–H and O–H groups in total. The van der Waals surface area contributed by atoms with E-state index in [1.165, 1.54) is 0 Å². The van der Waals surface area contributed by atoms with E-state index in [9.17, 15) is 9.59 Å². The summed E-state index contributed by atoms with van der Waals surface area (Å²) in [6.45, 7) is 1.87. The number of hydrogen-bond acceptors (Lipinski definition) is 4. The summed E-state index contributed by atoms with van der Waals surface area (Å²) in [4.78, 5) is 20.2. The lowest BCUT2D eigenvalue weighted by Crippen LogP contribution is -2.14. The highest BCUT2D eigenvalue weighted by Crippen LogP contribution is 1.87. The summed E-state index contributed by atoms with van der Waals surface area (Å²) in [5.74, 6) is -1.17. The Morgan fingerprint density at radius 1 is 1.33 bits per heavy atom. The van der Waals surface area contributed by atoms with Crippen molar-refractivity contribution in [1.29, 1.82) is 0 Å². The Morgan fingerprint density at radius 2 is 1.75 bits per heavy atom. The second kappa shape index (κ2) is 10.1. The molecule has 5 heteroatoms. The van der Waals surface area contributed by atoms with Crippen LogP contribution in [-0.2, 0) is 9.59 Å². The molecule has 0 fully saturated rings. The van der Waals surface area contributed by atoms with Crippen LogP contribution in [0.1, 0.15) is 19.8 Å². The van der Waals surface area contributed by atoms with Crippen molar-refractivity contribution in [2.45, 2.75) is 19.8 Å². The monoisotopic (exact) mass is 177 g/mol. The highest BCUT2D eigenvalue weighted by molar-refractivity contribution is 5.83. The van der Waals surface area contributed by atoms with Crippen molar-refractivity contribution in [1.82, 2.24) is 0 Å². The van der Waals surface area contributed by atoms with Gasteiger partial charge in [-0.15, -0.1) is 0 Å². The largest absolute Gasteiger partial charge is 0.481 e. The lowest BCUT2D eigenvalue weighted by molar-refractivity contribution is -0.138. The van der Waals surface area contributed by atoms with Gasteiger partial charge in [0, 0.05) is 13.0 Å². The van der Waals surface area contributed by atoms with Crippen LogP contribution in [0.4, 0.5) is 0 Å². The molecule has 0 amide bonds. The second-order valence-corrected chi connectivity index (χ2v) is 1.95. The predicted octanol–water partition coefficient (Wildman–Crippen LogP) is -0.622.